The van der Waals surface area contributed by atoms with Crippen LogP contribution in [0, 0.1) is 17.8 Å². The lowest BCUT2D eigenvalue weighted by Crippen LogP contribution is -2.29. The molecule has 3 N–H and O–H groups in total. The van der Waals surface area contributed by atoms with E-state index in [1.54, 1.807) is 18.7 Å². The fourth-order valence-electron chi connectivity index (χ4n) is 4.59. The predicted octanol–water partition coefficient (Wildman–Crippen LogP) is 5.68. The van der Waals surface area contributed by atoms with Crippen molar-refractivity contribution in [3.05, 3.63) is 51.9 Å². The van der Waals surface area contributed by atoms with Crippen molar-refractivity contribution in [3.8, 4) is 0 Å². The number of aliphatic hydroxyl groups excluding tert-OH is 2. The Kier molecular flexibility index (Phi) is 9.77. The van der Waals surface area contributed by atoms with Crippen molar-refractivity contribution >= 4 is 29.4 Å². The minimum atomic E-state index is -0.873. The zero-order valence-electron chi connectivity index (χ0n) is 19.4. The first-order chi connectivity index (χ1) is 15.4. The highest BCUT2D eigenvalue weighted by atomic mass is 32.2. The van der Waals surface area contributed by atoms with E-state index in [1.165, 1.54) is 35.9 Å². The zero-order chi connectivity index (χ0) is 23.1. The highest BCUT2D eigenvalue weighted by Gasteiger charge is 2.46. The van der Waals surface area contributed by atoms with Gasteiger partial charge in [-0.1, -0.05) is 43.3 Å². The molecule has 0 bridgehead atoms. The Morgan fingerprint density at radius 3 is 2.50 bits per heavy atom. The normalized spacial score (nSPS) is 24.7. The van der Waals surface area contributed by atoms with Gasteiger partial charge in [-0.3, -0.25) is 4.79 Å². The van der Waals surface area contributed by atoms with Crippen LogP contribution in [-0.4, -0.2) is 35.1 Å². The van der Waals surface area contributed by atoms with Crippen molar-refractivity contribution in [2.24, 2.45) is 17.8 Å². The molecule has 1 amide bonds. The van der Waals surface area contributed by atoms with Crippen LogP contribution in [0.15, 0.2) is 51.2 Å². The summed E-state index contributed by atoms with van der Waals surface area (Å²) in [5.41, 5.74) is 1.77. The number of benzene rings is 1. The Balaban J connectivity index is 1.74. The lowest BCUT2D eigenvalue weighted by molar-refractivity contribution is -0.122. The second-order valence-electron chi connectivity index (χ2n) is 9.18. The number of allylic oxidation sites excluding steroid dienone is 1. The fraction of sp³-hybridized carbons (Fsp3) is 0.577. The molecule has 0 heterocycles. The van der Waals surface area contributed by atoms with Gasteiger partial charge in [0.25, 0.3) is 0 Å². The standard InChI is InChI=1S/C26H37NO3S2/c1-4-5-6-25(32-16-17(2)24(29)15-28)27-26(30)23(13-18-11-20-14-21(20)12-18)19-7-9-22(31-3)10-8-19/h6-10,16,18,20-21,23-24,28-29H,4-5,11-15H2,1-3H3,(H,27,30)/b17-16+,25-6+. The number of carbonyl (C=O) groups is 1. The molecule has 4 unspecified atom stereocenters. The van der Waals surface area contributed by atoms with Gasteiger partial charge in [-0.2, -0.15) is 0 Å². The lowest BCUT2D eigenvalue weighted by Gasteiger charge is -2.22. The molecule has 0 radical (unpaired) electrons. The number of hydrogen-bond acceptors (Lipinski definition) is 5. The van der Waals surface area contributed by atoms with Gasteiger partial charge in [0.15, 0.2) is 0 Å². The molecular weight excluding hydrogens is 438 g/mol. The number of aliphatic hydroxyl groups is 2. The number of nitrogens with one attached hydrogen (secondary N) is 1. The van der Waals surface area contributed by atoms with E-state index in [9.17, 15) is 9.90 Å². The van der Waals surface area contributed by atoms with E-state index in [1.807, 2.05) is 5.41 Å². The van der Waals surface area contributed by atoms with Gasteiger partial charge >= 0.3 is 0 Å². The maximum absolute atomic E-state index is 13.5. The molecular formula is C26H37NO3S2. The first-order valence-corrected chi connectivity index (χ1v) is 13.8. The topological polar surface area (TPSA) is 69.6 Å². The van der Waals surface area contributed by atoms with E-state index in [-0.39, 0.29) is 18.4 Å². The minimum absolute atomic E-state index is 0.0473. The number of hydrogen-bond donors (Lipinski definition) is 3. The molecule has 2 aliphatic carbocycles. The molecule has 4 atom stereocenters. The van der Waals surface area contributed by atoms with Gasteiger partial charge in [0.1, 0.15) is 0 Å². The van der Waals surface area contributed by atoms with Gasteiger partial charge in [-0.25, -0.2) is 0 Å². The summed E-state index contributed by atoms with van der Waals surface area (Å²) in [5, 5.41) is 24.8. The van der Waals surface area contributed by atoms with Crippen LogP contribution in [0.3, 0.4) is 0 Å². The molecule has 1 aromatic carbocycles. The second-order valence-corrected chi connectivity index (χ2v) is 11.0. The SMILES string of the molecule is CCC/C=C(\NC(=O)C(CC1CC2CC2C1)c1ccc(SC)cc1)S/C=C(\C)C(O)CO. The largest absolute Gasteiger partial charge is 0.393 e. The van der Waals surface area contributed by atoms with E-state index in [0.717, 1.165) is 41.7 Å². The molecule has 32 heavy (non-hydrogen) atoms. The van der Waals surface area contributed by atoms with Gasteiger partial charge in [0, 0.05) is 4.90 Å². The minimum Gasteiger partial charge on any atom is -0.393 e. The highest BCUT2D eigenvalue weighted by molar-refractivity contribution is 8.05. The Hall–Kier alpha value is -1.21. The molecule has 0 aliphatic heterocycles. The molecule has 2 saturated carbocycles. The Labute approximate surface area is 201 Å². The summed E-state index contributed by atoms with van der Waals surface area (Å²) in [5.74, 6) is 2.33. The molecule has 2 aliphatic rings. The van der Waals surface area contributed by atoms with Crippen LogP contribution >= 0.6 is 23.5 Å². The number of carbonyl (C=O) groups excluding carboxylic acids is 1. The van der Waals surface area contributed by atoms with Crippen molar-refractivity contribution in [2.45, 2.75) is 69.3 Å². The number of rotatable bonds is 12. The van der Waals surface area contributed by atoms with Crippen LogP contribution in [0.5, 0.6) is 0 Å². The van der Waals surface area contributed by atoms with Gasteiger partial charge in [0.2, 0.25) is 5.91 Å². The van der Waals surface area contributed by atoms with E-state index >= 15 is 0 Å². The third-order valence-electron chi connectivity index (χ3n) is 6.68. The van der Waals surface area contributed by atoms with Gasteiger partial charge in [0.05, 0.1) is 23.7 Å². The van der Waals surface area contributed by atoms with E-state index in [0.29, 0.717) is 11.5 Å². The van der Waals surface area contributed by atoms with Crippen molar-refractivity contribution in [2.75, 3.05) is 12.9 Å². The van der Waals surface area contributed by atoms with Gasteiger partial charge in [-0.15, -0.1) is 11.8 Å². The lowest BCUT2D eigenvalue weighted by atomic mass is 9.86. The molecule has 1 aromatic rings. The van der Waals surface area contributed by atoms with Crippen LogP contribution in [0.25, 0.3) is 0 Å². The predicted molar refractivity (Wildman–Crippen MR) is 135 cm³/mol. The van der Waals surface area contributed by atoms with Crippen LogP contribution < -0.4 is 5.32 Å². The van der Waals surface area contributed by atoms with Crippen molar-refractivity contribution in [3.63, 3.8) is 0 Å². The summed E-state index contributed by atoms with van der Waals surface area (Å²) in [6.07, 6.45) is 9.94. The summed E-state index contributed by atoms with van der Waals surface area (Å²) < 4.78 is 0. The zero-order valence-corrected chi connectivity index (χ0v) is 21.1. The summed E-state index contributed by atoms with van der Waals surface area (Å²) >= 11 is 3.12. The monoisotopic (exact) mass is 475 g/mol. The Morgan fingerprint density at radius 2 is 1.91 bits per heavy atom. The first kappa shape index (κ1) is 25.4. The van der Waals surface area contributed by atoms with Crippen molar-refractivity contribution < 1.29 is 15.0 Å². The van der Waals surface area contributed by atoms with E-state index < -0.39 is 6.10 Å². The van der Waals surface area contributed by atoms with Crippen molar-refractivity contribution in [1.29, 1.82) is 0 Å². The average molecular weight is 476 g/mol. The van der Waals surface area contributed by atoms with Crippen LogP contribution in [0.1, 0.15) is 63.9 Å². The number of amides is 1. The molecule has 0 spiro atoms. The summed E-state index contributed by atoms with van der Waals surface area (Å²) in [7, 11) is 0. The van der Waals surface area contributed by atoms with Gasteiger partial charge < -0.3 is 15.5 Å². The molecule has 0 saturated heterocycles. The summed E-state index contributed by atoms with van der Waals surface area (Å²) in [6.45, 7) is 3.59. The number of thioether (sulfide) groups is 2. The quantitative estimate of drug-likeness (QED) is 0.340. The molecule has 3 rings (SSSR count). The summed E-state index contributed by atoms with van der Waals surface area (Å²) in [6, 6.07) is 8.43. The Bertz CT molecular complexity index is 811. The smallest absolute Gasteiger partial charge is 0.232 e. The summed E-state index contributed by atoms with van der Waals surface area (Å²) in [4.78, 5) is 14.7. The molecule has 6 heteroatoms. The average Bonchev–Trinajstić information content (AvgIpc) is 3.43. The van der Waals surface area contributed by atoms with E-state index in [4.69, 9.17) is 5.11 Å². The molecule has 4 nitrogen and oxygen atoms in total. The van der Waals surface area contributed by atoms with Crippen LogP contribution in [0.2, 0.25) is 0 Å². The maximum Gasteiger partial charge on any atom is 0.232 e. The third kappa shape index (κ3) is 7.14. The van der Waals surface area contributed by atoms with E-state index in [2.05, 4.69) is 48.8 Å². The Morgan fingerprint density at radius 1 is 1.22 bits per heavy atom. The molecule has 2 fully saturated rings. The number of fused-ring (bicyclic) bond motifs is 1. The fourth-order valence-corrected chi connectivity index (χ4v) is 5.84. The highest BCUT2D eigenvalue weighted by Crippen LogP contribution is 2.56. The molecule has 176 valence electrons. The number of unbranched alkanes of at least 4 members (excludes halogenated alkanes) is 1. The van der Waals surface area contributed by atoms with Crippen LogP contribution in [0.4, 0.5) is 0 Å². The van der Waals surface area contributed by atoms with Crippen LogP contribution in [-0.2, 0) is 4.79 Å². The van der Waals surface area contributed by atoms with Crippen molar-refractivity contribution in [1.82, 2.24) is 5.32 Å². The first-order valence-electron chi connectivity index (χ1n) is 11.7. The second kappa shape index (κ2) is 12.3. The third-order valence-corrected chi connectivity index (χ3v) is 8.44. The molecule has 0 aromatic heterocycles. The maximum atomic E-state index is 13.5. The van der Waals surface area contributed by atoms with Gasteiger partial charge in [-0.05, 0) is 91.7 Å².